The third-order valence-electron chi connectivity index (χ3n) is 4.55. The van der Waals surface area contributed by atoms with Crippen molar-refractivity contribution in [3.05, 3.63) is 53.9 Å². The van der Waals surface area contributed by atoms with Gasteiger partial charge in [0.1, 0.15) is 0 Å². The molecule has 24 heavy (non-hydrogen) atoms. The van der Waals surface area contributed by atoms with Gasteiger partial charge in [-0.3, -0.25) is 14.6 Å². The van der Waals surface area contributed by atoms with Crippen molar-refractivity contribution < 1.29 is 14.7 Å². The summed E-state index contributed by atoms with van der Waals surface area (Å²) in [6.07, 6.45) is 3.28. The van der Waals surface area contributed by atoms with Gasteiger partial charge in [-0.25, -0.2) is 0 Å². The molecule has 5 heteroatoms. The van der Waals surface area contributed by atoms with Crippen molar-refractivity contribution in [1.29, 1.82) is 0 Å². The fourth-order valence-electron chi connectivity index (χ4n) is 3.18. The second-order valence-corrected chi connectivity index (χ2v) is 6.46. The predicted octanol–water partition coefficient (Wildman–Crippen LogP) is 2.85. The molecule has 3 rings (SSSR count). The Balaban J connectivity index is 1.84. The van der Waals surface area contributed by atoms with Crippen molar-refractivity contribution in [2.75, 3.05) is 13.1 Å². The van der Waals surface area contributed by atoms with Gasteiger partial charge >= 0.3 is 5.97 Å². The van der Waals surface area contributed by atoms with Gasteiger partial charge in [-0.05, 0) is 24.5 Å². The lowest BCUT2D eigenvalue weighted by Crippen LogP contribution is -2.30. The fourth-order valence-corrected chi connectivity index (χ4v) is 3.18. The lowest BCUT2D eigenvalue weighted by atomic mass is 9.99. The van der Waals surface area contributed by atoms with Crippen LogP contribution in [-0.2, 0) is 4.79 Å². The number of aryl methyl sites for hydroxylation is 1. The van der Waals surface area contributed by atoms with Crippen LogP contribution in [0.1, 0.15) is 22.8 Å². The molecule has 2 aromatic rings. The SMILES string of the molecule is Cc1cccc(-c2cncc(C(=O)N3C[C@@H](C)[C@H](C(=O)O)C3)c2)c1. The highest BCUT2D eigenvalue weighted by Gasteiger charge is 2.37. The van der Waals surface area contributed by atoms with Crippen LogP contribution in [0.4, 0.5) is 0 Å². The highest BCUT2D eigenvalue weighted by atomic mass is 16.4. The van der Waals surface area contributed by atoms with Gasteiger partial charge in [0, 0.05) is 31.0 Å². The highest BCUT2D eigenvalue weighted by molar-refractivity contribution is 5.95. The highest BCUT2D eigenvalue weighted by Crippen LogP contribution is 2.26. The van der Waals surface area contributed by atoms with Crippen molar-refractivity contribution in [2.45, 2.75) is 13.8 Å². The summed E-state index contributed by atoms with van der Waals surface area (Å²) in [5.74, 6) is -1.54. The van der Waals surface area contributed by atoms with E-state index >= 15 is 0 Å². The third-order valence-corrected chi connectivity index (χ3v) is 4.55. The molecular weight excluding hydrogens is 304 g/mol. The number of nitrogens with zero attached hydrogens (tertiary/aromatic N) is 2. The minimum atomic E-state index is -0.843. The van der Waals surface area contributed by atoms with Gasteiger partial charge in [0.25, 0.3) is 5.91 Å². The van der Waals surface area contributed by atoms with E-state index < -0.39 is 11.9 Å². The van der Waals surface area contributed by atoms with Crippen LogP contribution in [0.3, 0.4) is 0 Å². The maximum absolute atomic E-state index is 12.7. The molecule has 1 aromatic heterocycles. The summed E-state index contributed by atoms with van der Waals surface area (Å²) in [5, 5.41) is 9.22. The average molecular weight is 324 g/mol. The first-order valence-corrected chi connectivity index (χ1v) is 8.00. The summed E-state index contributed by atoms with van der Waals surface area (Å²) in [4.78, 5) is 29.7. The Labute approximate surface area is 140 Å². The number of hydrogen-bond acceptors (Lipinski definition) is 3. The van der Waals surface area contributed by atoms with Crippen LogP contribution < -0.4 is 0 Å². The predicted molar refractivity (Wildman–Crippen MR) is 90.6 cm³/mol. The Hall–Kier alpha value is -2.69. The van der Waals surface area contributed by atoms with Gasteiger partial charge in [0.2, 0.25) is 0 Å². The van der Waals surface area contributed by atoms with Crippen LogP contribution in [0.5, 0.6) is 0 Å². The topological polar surface area (TPSA) is 70.5 Å². The maximum Gasteiger partial charge on any atom is 0.308 e. The molecule has 2 atom stereocenters. The summed E-state index contributed by atoms with van der Waals surface area (Å²) >= 11 is 0. The number of aliphatic carboxylic acids is 1. The van der Waals surface area contributed by atoms with Crippen LogP contribution >= 0.6 is 0 Å². The van der Waals surface area contributed by atoms with Crippen LogP contribution in [0.25, 0.3) is 11.1 Å². The molecule has 1 aliphatic rings. The summed E-state index contributed by atoms with van der Waals surface area (Å²) in [5.41, 5.74) is 3.52. The van der Waals surface area contributed by atoms with Gasteiger partial charge in [-0.2, -0.15) is 0 Å². The number of rotatable bonds is 3. The second kappa shape index (κ2) is 6.43. The molecule has 1 aliphatic heterocycles. The van der Waals surface area contributed by atoms with E-state index in [4.69, 9.17) is 0 Å². The van der Waals surface area contributed by atoms with Gasteiger partial charge in [0.15, 0.2) is 0 Å². The number of carbonyl (C=O) groups excluding carboxylic acids is 1. The molecule has 1 saturated heterocycles. The van der Waals surface area contributed by atoms with Gasteiger partial charge in [-0.1, -0.05) is 36.8 Å². The minimum Gasteiger partial charge on any atom is -0.481 e. The molecule has 124 valence electrons. The van der Waals surface area contributed by atoms with Crippen molar-refractivity contribution in [1.82, 2.24) is 9.88 Å². The van der Waals surface area contributed by atoms with E-state index in [1.807, 2.05) is 44.2 Å². The molecule has 0 saturated carbocycles. The number of carboxylic acid groups (broad SMARTS) is 1. The number of pyridine rings is 1. The monoisotopic (exact) mass is 324 g/mol. The van der Waals surface area contributed by atoms with Gasteiger partial charge in [-0.15, -0.1) is 0 Å². The zero-order chi connectivity index (χ0) is 17.3. The number of hydrogen-bond donors (Lipinski definition) is 1. The van der Waals surface area contributed by atoms with E-state index in [1.165, 1.54) is 0 Å². The first-order valence-electron chi connectivity index (χ1n) is 8.00. The molecule has 0 bridgehead atoms. The van der Waals surface area contributed by atoms with E-state index in [2.05, 4.69) is 4.98 Å². The Morgan fingerprint density at radius 3 is 2.62 bits per heavy atom. The lowest BCUT2D eigenvalue weighted by Gasteiger charge is -2.16. The second-order valence-electron chi connectivity index (χ2n) is 6.46. The molecule has 0 radical (unpaired) electrons. The lowest BCUT2D eigenvalue weighted by molar-refractivity contribution is -0.142. The molecule has 1 aromatic carbocycles. The number of benzene rings is 1. The van der Waals surface area contributed by atoms with Crippen LogP contribution in [-0.4, -0.2) is 40.0 Å². The standard InChI is InChI=1S/C19H20N2O3/c1-12-4-3-5-14(6-12)15-7-16(9-20-8-15)18(22)21-10-13(2)17(11-21)19(23)24/h3-9,13,17H,10-11H2,1-2H3,(H,23,24)/t13-,17-/m1/s1. The van der Waals surface area contributed by atoms with E-state index in [1.54, 1.807) is 17.3 Å². The average Bonchev–Trinajstić information content (AvgIpc) is 2.96. The largest absolute Gasteiger partial charge is 0.481 e. The van der Waals surface area contributed by atoms with E-state index in [9.17, 15) is 14.7 Å². The molecule has 0 spiro atoms. The summed E-state index contributed by atoms with van der Waals surface area (Å²) in [6, 6.07) is 9.84. The van der Waals surface area contributed by atoms with Gasteiger partial charge < -0.3 is 10.0 Å². The maximum atomic E-state index is 12.7. The van der Waals surface area contributed by atoms with E-state index in [0.717, 1.165) is 16.7 Å². The van der Waals surface area contributed by atoms with E-state index in [0.29, 0.717) is 12.1 Å². The third kappa shape index (κ3) is 3.15. The first kappa shape index (κ1) is 16.2. The molecule has 5 nitrogen and oxygen atoms in total. The van der Waals surface area contributed by atoms with Crippen molar-refractivity contribution in [3.8, 4) is 11.1 Å². The smallest absolute Gasteiger partial charge is 0.308 e. The summed E-state index contributed by atoms with van der Waals surface area (Å²) in [6.45, 7) is 4.60. The zero-order valence-corrected chi connectivity index (χ0v) is 13.8. The Bertz CT molecular complexity index is 788. The quantitative estimate of drug-likeness (QED) is 0.942. The minimum absolute atomic E-state index is 0.0423. The zero-order valence-electron chi connectivity index (χ0n) is 13.8. The Morgan fingerprint density at radius 1 is 1.17 bits per heavy atom. The van der Waals surface area contributed by atoms with Gasteiger partial charge in [0.05, 0.1) is 11.5 Å². The molecule has 1 amide bonds. The number of carbonyl (C=O) groups is 2. The number of likely N-dealkylation sites (tertiary alicyclic amines) is 1. The molecular formula is C19H20N2O3. The van der Waals surface area contributed by atoms with Crippen LogP contribution in [0, 0.1) is 18.8 Å². The Morgan fingerprint density at radius 2 is 1.96 bits per heavy atom. The van der Waals surface area contributed by atoms with Crippen molar-refractivity contribution in [3.63, 3.8) is 0 Å². The van der Waals surface area contributed by atoms with Crippen molar-refractivity contribution in [2.24, 2.45) is 11.8 Å². The van der Waals surface area contributed by atoms with E-state index in [-0.39, 0.29) is 18.4 Å². The van der Waals surface area contributed by atoms with Crippen LogP contribution in [0.15, 0.2) is 42.7 Å². The molecule has 0 aliphatic carbocycles. The first-order chi connectivity index (χ1) is 11.5. The number of aromatic nitrogens is 1. The number of amides is 1. The molecule has 1 N–H and O–H groups in total. The molecule has 1 fully saturated rings. The normalized spacial score (nSPS) is 20.2. The van der Waals surface area contributed by atoms with Crippen LogP contribution in [0.2, 0.25) is 0 Å². The summed E-state index contributed by atoms with van der Waals surface area (Å²) < 4.78 is 0. The summed E-state index contributed by atoms with van der Waals surface area (Å²) in [7, 11) is 0. The molecule has 2 heterocycles. The molecule has 0 unspecified atom stereocenters. The van der Waals surface area contributed by atoms with Crippen molar-refractivity contribution >= 4 is 11.9 Å². The fraction of sp³-hybridized carbons (Fsp3) is 0.316. The number of carboxylic acids is 1. The Kier molecular flexibility index (Phi) is 4.34.